The van der Waals surface area contributed by atoms with Crippen LogP contribution in [0.3, 0.4) is 0 Å². The Morgan fingerprint density at radius 3 is 2.48 bits per heavy atom. The topological polar surface area (TPSA) is 71.1 Å². The lowest BCUT2D eigenvalue weighted by molar-refractivity contribution is 0.0922. The van der Waals surface area contributed by atoms with E-state index in [9.17, 15) is 9.59 Å². The van der Waals surface area contributed by atoms with Gasteiger partial charge in [-0.1, -0.05) is 13.0 Å². The van der Waals surface area contributed by atoms with Crippen molar-refractivity contribution in [3.05, 3.63) is 59.9 Å². The lowest BCUT2D eigenvalue weighted by Crippen LogP contribution is -2.37. The van der Waals surface area contributed by atoms with E-state index >= 15 is 0 Å². The molecule has 1 saturated carbocycles. The zero-order valence-corrected chi connectivity index (χ0v) is 14.4. The molecule has 2 N–H and O–H groups in total. The average Bonchev–Trinajstić information content (AvgIpc) is 2.64. The molecular formula is C20H23N3O2. The first-order valence-corrected chi connectivity index (χ1v) is 8.74. The quantitative estimate of drug-likeness (QED) is 0.895. The first-order chi connectivity index (χ1) is 12.1. The number of rotatable bonds is 4. The summed E-state index contributed by atoms with van der Waals surface area (Å²) in [7, 11) is 0. The van der Waals surface area contributed by atoms with Gasteiger partial charge in [0.2, 0.25) is 0 Å². The Labute approximate surface area is 147 Å². The summed E-state index contributed by atoms with van der Waals surface area (Å²) < 4.78 is 0. The zero-order chi connectivity index (χ0) is 17.6. The monoisotopic (exact) mass is 337 g/mol. The molecule has 0 saturated heterocycles. The number of anilines is 1. The predicted molar refractivity (Wildman–Crippen MR) is 97.5 cm³/mol. The van der Waals surface area contributed by atoms with E-state index in [0.717, 1.165) is 31.6 Å². The second-order valence-corrected chi connectivity index (χ2v) is 6.71. The van der Waals surface area contributed by atoms with E-state index in [-0.39, 0.29) is 17.9 Å². The fraction of sp³-hybridized carbons (Fsp3) is 0.350. The average molecular weight is 337 g/mol. The minimum Gasteiger partial charge on any atom is -0.349 e. The van der Waals surface area contributed by atoms with E-state index in [1.165, 1.54) is 6.20 Å². The molecule has 1 aromatic carbocycles. The summed E-state index contributed by atoms with van der Waals surface area (Å²) in [4.78, 5) is 28.6. The lowest BCUT2D eigenvalue weighted by Gasteiger charge is -2.26. The van der Waals surface area contributed by atoms with Crippen LogP contribution >= 0.6 is 0 Å². The summed E-state index contributed by atoms with van der Waals surface area (Å²) in [5.74, 6) is 0.420. The van der Waals surface area contributed by atoms with E-state index < -0.39 is 0 Å². The van der Waals surface area contributed by atoms with Crippen LogP contribution in [-0.2, 0) is 0 Å². The molecule has 2 aromatic rings. The third-order valence-electron chi connectivity index (χ3n) is 4.66. The van der Waals surface area contributed by atoms with Crippen molar-refractivity contribution in [1.82, 2.24) is 10.3 Å². The summed E-state index contributed by atoms with van der Waals surface area (Å²) in [5, 5.41) is 5.91. The van der Waals surface area contributed by atoms with E-state index in [2.05, 4.69) is 22.5 Å². The first kappa shape index (κ1) is 17.1. The molecule has 0 atom stereocenters. The molecule has 1 heterocycles. The van der Waals surface area contributed by atoms with Gasteiger partial charge in [-0.3, -0.25) is 14.6 Å². The number of hydrogen-bond acceptors (Lipinski definition) is 3. The molecule has 1 aliphatic carbocycles. The molecule has 2 amide bonds. The van der Waals surface area contributed by atoms with Gasteiger partial charge < -0.3 is 10.6 Å². The summed E-state index contributed by atoms with van der Waals surface area (Å²) in [5.41, 5.74) is 1.63. The van der Waals surface area contributed by atoms with Gasteiger partial charge in [0, 0.05) is 29.7 Å². The highest BCUT2D eigenvalue weighted by molar-refractivity contribution is 6.04. The molecule has 0 bridgehead atoms. The van der Waals surface area contributed by atoms with Crippen molar-refractivity contribution in [2.24, 2.45) is 5.92 Å². The predicted octanol–water partition coefficient (Wildman–Crippen LogP) is 3.64. The number of amides is 2. The number of nitrogens with zero attached hydrogens (tertiary/aromatic N) is 1. The van der Waals surface area contributed by atoms with E-state index in [4.69, 9.17) is 0 Å². The highest BCUT2D eigenvalue weighted by Gasteiger charge is 2.20. The molecule has 5 heteroatoms. The fourth-order valence-corrected chi connectivity index (χ4v) is 3.11. The van der Waals surface area contributed by atoms with Gasteiger partial charge in [-0.15, -0.1) is 0 Å². The second-order valence-electron chi connectivity index (χ2n) is 6.71. The molecular weight excluding hydrogens is 314 g/mol. The molecule has 25 heavy (non-hydrogen) atoms. The maximum Gasteiger partial charge on any atom is 0.257 e. The van der Waals surface area contributed by atoms with Crippen LogP contribution in [0.4, 0.5) is 5.69 Å². The molecule has 0 radical (unpaired) electrons. The maximum atomic E-state index is 12.5. The Balaban J connectivity index is 1.63. The molecule has 5 nitrogen and oxygen atoms in total. The Morgan fingerprint density at radius 1 is 1.00 bits per heavy atom. The Morgan fingerprint density at radius 2 is 1.76 bits per heavy atom. The van der Waals surface area contributed by atoms with E-state index in [1.54, 1.807) is 42.6 Å². The lowest BCUT2D eigenvalue weighted by atomic mass is 9.87. The van der Waals surface area contributed by atoms with Crippen LogP contribution in [0.2, 0.25) is 0 Å². The van der Waals surface area contributed by atoms with Crippen molar-refractivity contribution in [2.75, 3.05) is 5.32 Å². The normalized spacial score (nSPS) is 19.9. The summed E-state index contributed by atoms with van der Waals surface area (Å²) in [6.07, 6.45) is 7.51. The van der Waals surface area contributed by atoms with Crippen LogP contribution in [0.15, 0.2) is 48.8 Å². The smallest absolute Gasteiger partial charge is 0.257 e. The first-order valence-electron chi connectivity index (χ1n) is 8.74. The van der Waals surface area contributed by atoms with Gasteiger partial charge in [-0.2, -0.15) is 0 Å². The van der Waals surface area contributed by atoms with E-state index in [1.807, 2.05) is 0 Å². The van der Waals surface area contributed by atoms with Crippen LogP contribution < -0.4 is 10.6 Å². The standard InChI is InChI=1S/C20H23N3O2/c1-14-7-9-17(10-8-14)22-19(24)15-4-2-6-18(12-15)23-20(25)16-5-3-11-21-13-16/h2-6,11-14,17H,7-10H2,1H3,(H,22,24)(H,23,25). The Bertz CT molecular complexity index is 738. The van der Waals surface area contributed by atoms with Gasteiger partial charge >= 0.3 is 0 Å². The molecule has 1 fully saturated rings. The van der Waals surface area contributed by atoms with Crippen molar-refractivity contribution < 1.29 is 9.59 Å². The number of nitrogens with one attached hydrogen (secondary N) is 2. The molecule has 1 aromatic heterocycles. The molecule has 0 spiro atoms. The van der Waals surface area contributed by atoms with Gasteiger partial charge in [0.05, 0.1) is 5.56 Å². The fourth-order valence-electron chi connectivity index (χ4n) is 3.11. The number of benzene rings is 1. The van der Waals surface area contributed by atoms with Gasteiger partial charge in [0.1, 0.15) is 0 Å². The van der Waals surface area contributed by atoms with Gasteiger partial charge in [0.15, 0.2) is 0 Å². The molecule has 1 aliphatic rings. The highest BCUT2D eigenvalue weighted by atomic mass is 16.2. The number of carbonyl (C=O) groups is 2. The third kappa shape index (κ3) is 4.66. The summed E-state index contributed by atoms with van der Waals surface area (Å²) in [6, 6.07) is 10.7. The maximum absolute atomic E-state index is 12.5. The Kier molecular flexibility index (Phi) is 5.43. The highest BCUT2D eigenvalue weighted by Crippen LogP contribution is 2.23. The summed E-state index contributed by atoms with van der Waals surface area (Å²) in [6.45, 7) is 2.26. The Hall–Kier alpha value is -2.69. The number of pyridine rings is 1. The van der Waals surface area contributed by atoms with Crippen LogP contribution in [0, 0.1) is 5.92 Å². The minimum atomic E-state index is -0.244. The van der Waals surface area contributed by atoms with Crippen LogP contribution in [0.5, 0.6) is 0 Å². The molecule has 0 aliphatic heterocycles. The van der Waals surface area contributed by atoms with Gasteiger partial charge in [-0.25, -0.2) is 0 Å². The minimum absolute atomic E-state index is 0.0861. The number of aromatic nitrogens is 1. The molecule has 0 unspecified atom stereocenters. The molecule has 3 rings (SSSR count). The number of carbonyl (C=O) groups excluding carboxylic acids is 2. The third-order valence-corrected chi connectivity index (χ3v) is 4.66. The van der Waals surface area contributed by atoms with Crippen LogP contribution in [0.25, 0.3) is 0 Å². The van der Waals surface area contributed by atoms with Crippen LogP contribution in [-0.4, -0.2) is 22.8 Å². The van der Waals surface area contributed by atoms with E-state index in [0.29, 0.717) is 16.8 Å². The molecule has 130 valence electrons. The van der Waals surface area contributed by atoms with Gasteiger partial charge in [0.25, 0.3) is 11.8 Å². The van der Waals surface area contributed by atoms with Gasteiger partial charge in [-0.05, 0) is 61.9 Å². The van der Waals surface area contributed by atoms with Crippen molar-refractivity contribution in [3.63, 3.8) is 0 Å². The van der Waals surface area contributed by atoms with Crippen LogP contribution in [0.1, 0.15) is 53.3 Å². The summed E-state index contributed by atoms with van der Waals surface area (Å²) >= 11 is 0. The largest absolute Gasteiger partial charge is 0.349 e. The second kappa shape index (κ2) is 7.92. The van der Waals surface area contributed by atoms with Crippen molar-refractivity contribution >= 4 is 17.5 Å². The van der Waals surface area contributed by atoms with Crippen molar-refractivity contribution in [2.45, 2.75) is 38.6 Å². The number of hydrogen-bond donors (Lipinski definition) is 2. The zero-order valence-electron chi connectivity index (χ0n) is 14.4. The van der Waals surface area contributed by atoms with Crippen molar-refractivity contribution in [1.29, 1.82) is 0 Å². The van der Waals surface area contributed by atoms with Crippen molar-refractivity contribution in [3.8, 4) is 0 Å². The SMILES string of the molecule is CC1CCC(NC(=O)c2cccc(NC(=O)c3cccnc3)c2)CC1.